The second-order valence-electron chi connectivity index (χ2n) is 6.20. The summed E-state index contributed by atoms with van der Waals surface area (Å²) in [6, 6.07) is 5.80. The maximum absolute atomic E-state index is 5.73. The zero-order valence-electron chi connectivity index (χ0n) is 14.9. The lowest BCUT2D eigenvalue weighted by atomic mass is 10.1. The van der Waals surface area contributed by atoms with Crippen LogP contribution in [-0.4, -0.2) is 47.8 Å². The van der Waals surface area contributed by atoms with E-state index in [1.165, 1.54) is 0 Å². The maximum atomic E-state index is 5.73. The third-order valence-electron chi connectivity index (χ3n) is 4.61. The summed E-state index contributed by atoms with van der Waals surface area (Å²) in [6.45, 7) is 1.59. The predicted octanol–water partition coefficient (Wildman–Crippen LogP) is 3.00. The van der Waals surface area contributed by atoms with E-state index in [9.17, 15) is 0 Å². The third-order valence-corrected chi connectivity index (χ3v) is 4.61. The van der Waals surface area contributed by atoms with Crippen LogP contribution in [0.1, 0.15) is 12.8 Å². The summed E-state index contributed by atoms with van der Waals surface area (Å²) in [5, 5.41) is 3.52. The molecular weight excluding hydrogens is 332 g/mol. The fourth-order valence-corrected chi connectivity index (χ4v) is 3.28. The van der Waals surface area contributed by atoms with Crippen molar-refractivity contribution in [2.45, 2.75) is 18.9 Å². The second-order valence-corrected chi connectivity index (χ2v) is 6.20. The molecule has 3 aromatic rings. The maximum Gasteiger partial charge on any atom is 0.161 e. The molecule has 4 rings (SSSR count). The Hall–Kier alpha value is -2.80. The van der Waals surface area contributed by atoms with Gasteiger partial charge in [0.2, 0.25) is 0 Å². The molecule has 1 atom stereocenters. The molecule has 1 unspecified atom stereocenters. The van der Waals surface area contributed by atoms with Crippen LogP contribution in [0.2, 0.25) is 0 Å². The number of nitrogens with zero attached hydrogens (tertiary/aromatic N) is 3. The van der Waals surface area contributed by atoms with Gasteiger partial charge in [0.15, 0.2) is 17.1 Å². The van der Waals surface area contributed by atoms with Crippen molar-refractivity contribution in [1.29, 1.82) is 0 Å². The molecule has 7 nitrogen and oxygen atoms in total. The average Bonchev–Trinajstić information content (AvgIpc) is 3.33. The minimum absolute atomic E-state index is 0.237. The molecule has 1 fully saturated rings. The van der Waals surface area contributed by atoms with E-state index in [1.54, 1.807) is 26.6 Å². The Morgan fingerprint density at radius 3 is 2.92 bits per heavy atom. The summed E-state index contributed by atoms with van der Waals surface area (Å²) in [7, 11) is 3.26. The fourth-order valence-electron chi connectivity index (χ4n) is 3.28. The number of hydrogen-bond acceptors (Lipinski definition) is 6. The van der Waals surface area contributed by atoms with Crippen LogP contribution in [-0.2, 0) is 4.74 Å². The lowest BCUT2D eigenvalue weighted by Crippen LogP contribution is -2.19. The van der Waals surface area contributed by atoms with Gasteiger partial charge in [0.25, 0.3) is 0 Å². The molecule has 1 N–H and O–H groups in total. The number of hydrogen-bond donors (Lipinski definition) is 1. The van der Waals surface area contributed by atoms with Crippen LogP contribution >= 0.6 is 0 Å². The first-order valence-corrected chi connectivity index (χ1v) is 8.70. The standard InChI is InChI=1S/C19H22N4O3/c1-24-15-6-5-13(10-16(15)25-2)18-19(21-11-14-4-3-9-26-14)23-8-7-20-12-17(23)22-18/h5-8,10,12,14,21H,3-4,9,11H2,1-2H3. The molecule has 7 heteroatoms. The van der Waals surface area contributed by atoms with Crippen molar-refractivity contribution in [1.82, 2.24) is 14.4 Å². The molecule has 0 bridgehead atoms. The van der Waals surface area contributed by atoms with Crippen LogP contribution in [0, 0.1) is 0 Å². The Bertz CT molecular complexity index is 903. The van der Waals surface area contributed by atoms with Crippen molar-refractivity contribution in [3.8, 4) is 22.8 Å². The molecule has 1 aliphatic rings. The normalized spacial score (nSPS) is 16.8. The molecule has 0 spiro atoms. The topological polar surface area (TPSA) is 69.9 Å². The zero-order chi connectivity index (χ0) is 17.9. The second kappa shape index (κ2) is 7.21. The molecule has 136 valence electrons. The van der Waals surface area contributed by atoms with Crippen LogP contribution in [0.4, 0.5) is 5.82 Å². The van der Waals surface area contributed by atoms with Crippen molar-refractivity contribution >= 4 is 11.5 Å². The van der Waals surface area contributed by atoms with Crippen LogP contribution in [0.15, 0.2) is 36.8 Å². The highest BCUT2D eigenvalue weighted by Crippen LogP contribution is 2.35. The van der Waals surface area contributed by atoms with Crippen molar-refractivity contribution < 1.29 is 14.2 Å². The van der Waals surface area contributed by atoms with Gasteiger partial charge in [-0.1, -0.05) is 0 Å². The molecule has 26 heavy (non-hydrogen) atoms. The minimum Gasteiger partial charge on any atom is -0.493 e. The molecule has 0 radical (unpaired) electrons. The van der Waals surface area contributed by atoms with Gasteiger partial charge in [-0.05, 0) is 31.0 Å². The first-order chi connectivity index (χ1) is 12.8. The van der Waals surface area contributed by atoms with Gasteiger partial charge in [0, 0.05) is 31.1 Å². The zero-order valence-corrected chi connectivity index (χ0v) is 14.9. The van der Waals surface area contributed by atoms with Gasteiger partial charge >= 0.3 is 0 Å². The third kappa shape index (κ3) is 3.06. The van der Waals surface area contributed by atoms with E-state index in [4.69, 9.17) is 19.2 Å². The Morgan fingerprint density at radius 2 is 2.15 bits per heavy atom. The van der Waals surface area contributed by atoms with Crippen LogP contribution in [0.25, 0.3) is 16.9 Å². The van der Waals surface area contributed by atoms with Crippen molar-refractivity contribution in [2.24, 2.45) is 0 Å². The van der Waals surface area contributed by atoms with Crippen molar-refractivity contribution in [2.75, 3.05) is 32.7 Å². The number of rotatable bonds is 6. The Balaban J connectivity index is 1.74. The predicted molar refractivity (Wildman–Crippen MR) is 99.0 cm³/mol. The SMILES string of the molecule is COc1ccc(-c2nc3cnccn3c2NCC2CCCO2)cc1OC. The van der Waals surface area contributed by atoms with Gasteiger partial charge in [-0.2, -0.15) is 0 Å². The Kier molecular flexibility index (Phi) is 4.62. The summed E-state index contributed by atoms with van der Waals surface area (Å²) in [6.07, 6.45) is 7.85. The van der Waals surface area contributed by atoms with E-state index in [2.05, 4.69) is 10.3 Å². The lowest BCUT2D eigenvalue weighted by molar-refractivity contribution is 0.120. The molecule has 0 aliphatic carbocycles. The van der Waals surface area contributed by atoms with Crippen molar-refractivity contribution in [3.05, 3.63) is 36.8 Å². The number of aromatic nitrogens is 3. The molecule has 1 aromatic carbocycles. The van der Waals surface area contributed by atoms with Gasteiger partial charge < -0.3 is 19.5 Å². The first-order valence-electron chi connectivity index (χ1n) is 8.70. The lowest BCUT2D eigenvalue weighted by Gasteiger charge is -2.14. The summed E-state index contributed by atoms with van der Waals surface area (Å²) in [5.74, 6) is 2.28. The highest BCUT2D eigenvalue weighted by atomic mass is 16.5. The van der Waals surface area contributed by atoms with Gasteiger partial charge in [-0.25, -0.2) is 4.98 Å². The van der Waals surface area contributed by atoms with E-state index in [0.717, 1.165) is 48.7 Å². The molecule has 3 heterocycles. The van der Waals surface area contributed by atoms with E-state index >= 15 is 0 Å². The minimum atomic E-state index is 0.237. The first kappa shape index (κ1) is 16.7. The summed E-state index contributed by atoms with van der Waals surface area (Å²) < 4.78 is 18.5. The van der Waals surface area contributed by atoms with E-state index in [1.807, 2.05) is 28.8 Å². The smallest absolute Gasteiger partial charge is 0.161 e. The van der Waals surface area contributed by atoms with E-state index in [0.29, 0.717) is 11.5 Å². The van der Waals surface area contributed by atoms with Gasteiger partial charge in [-0.15, -0.1) is 0 Å². The molecule has 0 amide bonds. The average molecular weight is 354 g/mol. The highest BCUT2D eigenvalue weighted by Gasteiger charge is 2.19. The highest BCUT2D eigenvalue weighted by molar-refractivity contribution is 5.77. The van der Waals surface area contributed by atoms with Gasteiger partial charge in [0.05, 0.1) is 26.5 Å². The van der Waals surface area contributed by atoms with E-state index in [-0.39, 0.29) is 6.10 Å². The number of imidazole rings is 1. The van der Waals surface area contributed by atoms with E-state index < -0.39 is 0 Å². The largest absolute Gasteiger partial charge is 0.493 e. The number of nitrogens with one attached hydrogen (secondary N) is 1. The quantitative estimate of drug-likeness (QED) is 0.734. The van der Waals surface area contributed by atoms with Gasteiger partial charge in [0.1, 0.15) is 11.5 Å². The number of anilines is 1. The molecule has 1 saturated heterocycles. The Morgan fingerprint density at radius 1 is 1.27 bits per heavy atom. The monoisotopic (exact) mass is 354 g/mol. The fraction of sp³-hybridized carbons (Fsp3) is 0.368. The Labute approximate surface area is 151 Å². The number of ether oxygens (including phenoxy) is 3. The summed E-state index contributed by atoms with van der Waals surface area (Å²) in [5.41, 5.74) is 2.57. The number of methoxy groups -OCH3 is 2. The summed E-state index contributed by atoms with van der Waals surface area (Å²) in [4.78, 5) is 8.94. The number of benzene rings is 1. The van der Waals surface area contributed by atoms with Gasteiger partial charge in [-0.3, -0.25) is 9.38 Å². The molecule has 0 saturated carbocycles. The van der Waals surface area contributed by atoms with Crippen molar-refractivity contribution in [3.63, 3.8) is 0 Å². The van der Waals surface area contributed by atoms with Crippen LogP contribution < -0.4 is 14.8 Å². The molecule has 2 aromatic heterocycles. The van der Waals surface area contributed by atoms with Crippen LogP contribution in [0.5, 0.6) is 11.5 Å². The van der Waals surface area contributed by atoms with Crippen LogP contribution in [0.3, 0.4) is 0 Å². The number of fused-ring (bicyclic) bond motifs is 1. The molecular formula is C19H22N4O3. The molecule has 1 aliphatic heterocycles. The summed E-state index contributed by atoms with van der Waals surface area (Å²) >= 11 is 0.